The Labute approximate surface area is 191 Å². The average molecular weight is 477 g/mol. The van der Waals surface area contributed by atoms with Gasteiger partial charge in [-0.15, -0.1) is 0 Å². The summed E-state index contributed by atoms with van der Waals surface area (Å²) in [5, 5.41) is 14.5. The first kappa shape index (κ1) is 24.1. The first-order chi connectivity index (χ1) is 15.7. The number of carbonyl (C=O) groups excluding carboxylic acids is 2. The second-order valence-electron chi connectivity index (χ2n) is 7.52. The summed E-state index contributed by atoms with van der Waals surface area (Å²) in [5.74, 6) is -2.39. The number of hydrogen-bond acceptors (Lipinski definition) is 8. The lowest BCUT2D eigenvalue weighted by molar-refractivity contribution is -0.105. The lowest BCUT2D eigenvalue weighted by Gasteiger charge is -2.17. The predicted molar refractivity (Wildman–Crippen MR) is 118 cm³/mol. The smallest absolute Gasteiger partial charge is 0.277 e. The van der Waals surface area contributed by atoms with Crippen molar-refractivity contribution in [2.45, 2.75) is 32.3 Å². The van der Waals surface area contributed by atoms with Crippen LogP contribution in [0.5, 0.6) is 5.88 Å². The van der Waals surface area contributed by atoms with Gasteiger partial charge in [-0.3, -0.25) is 9.59 Å². The zero-order valence-electron chi connectivity index (χ0n) is 17.8. The van der Waals surface area contributed by atoms with Crippen LogP contribution in [0.25, 0.3) is 10.6 Å². The minimum atomic E-state index is -0.855. The number of halogens is 2. The molecule has 0 aliphatic heterocycles. The van der Waals surface area contributed by atoms with Crippen molar-refractivity contribution in [3.8, 4) is 16.5 Å². The van der Waals surface area contributed by atoms with E-state index in [1.165, 1.54) is 18.6 Å². The van der Waals surface area contributed by atoms with Crippen LogP contribution in [0.4, 0.5) is 19.5 Å². The minimum Gasteiger partial charge on any atom is -0.476 e. The van der Waals surface area contributed by atoms with Gasteiger partial charge in [-0.25, -0.2) is 18.7 Å². The van der Waals surface area contributed by atoms with Gasteiger partial charge >= 0.3 is 0 Å². The topological polar surface area (TPSA) is 126 Å². The molecule has 33 heavy (non-hydrogen) atoms. The zero-order valence-corrected chi connectivity index (χ0v) is 18.6. The average Bonchev–Trinajstić information content (AvgIpc) is 3.15. The van der Waals surface area contributed by atoms with Crippen molar-refractivity contribution < 1.29 is 28.2 Å². The quantitative estimate of drug-likeness (QED) is 0.301. The van der Waals surface area contributed by atoms with E-state index in [-0.39, 0.29) is 33.9 Å². The Balaban J connectivity index is 1.82. The molecule has 0 unspecified atom stereocenters. The SMILES string of the molecule is CC(C)(O)CCCOc1ncncc1NC(=O)c1nc(-c2c(F)cccc2F)sc1NC=O. The summed E-state index contributed by atoms with van der Waals surface area (Å²) in [7, 11) is 0. The molecule has 0 radical (unpaired) electrons. The fourth-order valence-electron chi connectivity index (χ4n) is 2.81. The van der Waals surface area contributed by atoms with Crippen LogP contribution in [0, 0.1) is 11.6 Å². The van der Waals surface area contributed by atoms with Crippen LogP contribution in [-0.4, -0.2) is 44.6 Å². The molecule has 3 N–H and O–H groups in total. The van der Waals surface area contributed by atoms with Gasteiger partial charge in [0.15, 0.2) is 5.69 Å². The van der Waals surface area contributed by atoms with Crippen molar-refractivity contribution in [1.29, 1.82) is 0 Å². The number of aliphatic hydroxyl groups is 1. The summed E-state index contributed by atoms with van der Waals surface area (Å²) >= 11 is 0.747. The van der Waals surface area contributed by atoms with Gasteiger partial charge in [-0.2, -0.15) is 4.98 Å². The Morgan fingerprint density at radius 1 is 1.30 bits per heavy atom. The molecule has 2 amide bonds. The van der Waals surface area contributed by atoms with E-state index >= 15 is 0 Å². The fourth-order valence-corrected chi connectivity index (χ4v) is 3.78. The molecule has 0 fully saturated rings. The van der Waals surface area contributed by atoms with Gasteiger partial charge in [0.2, 0.25) is 12.3 Å². The first-order valence-corrected chi connectivity index (χ1v) is 10.6. The summed E-state index contributed by atoms with van der Waals surface area (Å²) in [6.45, 7) is 3.60. The second kappa shape index (κ2) is 10.4. The van der Waals surface area contributed by atoms with E-state index in [0.29, 0.717) is 19.3 Å². The number of amides is 2. The highest BCUT2D eigenvalue weighted by atomic mass is 32.1. The normalized spacial score (nSPS) is 11.2. The molecule has 3 aromatic rings. The highest BCUT2D eigenvalue weighted by molar-refractivity contribution is 7.19. The molecule has 0 bridgehead atoms. The van der Waals surface area contributed by atoms with Crippen LogP contribution in [0.1, 0.15) is 37.2 Å². The zero-order chi connectivity index (χ0) is 24.0. The Hall–Kier alpha value is -3.51. The molecule has 2 heterocycles. The van der Waals surface area contributed by atoms with Gasteiger partial charge in [0.05, 0.1) is 24.0 Å². The molecule has 9 nitrogen and oxygen atoms in total. The third kappa shape index (κ3) is 6.26. The van der Waals surface area contributed by atoms with Crippen molar-refractivity contribution in [3.05, 3.63) is 48.1 Å². The van der Waals surface area contributed by atoms with Gasteiger partial charge in [0.1, 0.15) is 33.7 Å². The summed E-state index contributed by atoms with van der Waals surface area (Å²) in [6.07, 6.45) is 3.91. The molecule has 174 valence electrons. The van der Waals surface area contributed by atoms with Gasteiger partial charge in [0, 0.05) is 0 Å². The number of nitrogens with one attached hydrogen (secondary N) is 2. The van der Waals surface area contributed by atoms with E-state index in [0.717, 1.165) is 23.5 Å². The summed E-state index contributed by atoms with van der Waals surface area (Å²) in [4.78, 5) is 35.8. The standard InChI is InChI=1S/C21H21F2N5O4S/c1-21(2,31)7-4-8-32-18-14(9-24-10-25-18)27-17(30)16-20(26-11-29)33-19(28-16)15-12(22)5-3-6-13(15)23/h3,5-6,9-11,31H,4,7-8H2,1-2H3,(H,26,29)(H,27,30). The van der Waals surface area contributed by atoms with Crippen molar-refractivity contribution in [1.82, 2.24) is 15.0 Å². The predicted octanol–water partition coefficient (Wildman–Crippen LogP) is 3.63. The van der Waals surface area contributed by atoms with Crippen molar-refractivity contribution in [2.24, 2.45) is 0 Å². The minimum absolute atomic E-state index is 0.00430. The molecule has 1 aromatic carbocycles. The van der Waals surface area contributed by atoms with E-state index in [2.05, 4.69) is 25.6 Å². The highest BCUT2D eigenvalue weighted by Crippen LogP contribution is 2.35. The monoisotopic (exact) mass is 477 g/mol. The van der Waals surface area contributed by atoms with Crippen molar-refractivity contribution in [2.75, 3.05) is 17.2 Å². The van der Waals surface area contributed by atoms with E-state index in [1.54, 1.807) is 13.8 Å². The number of anilines is 2. The number of carbonyl (C=O) groups is 2. The maximum Gasteiger partial charge on any atom is 0.277 e. The molecule has 0 saturated carbocycles. The Morgan fingerprint density at radius 3 is 2.70 bits per heavy atom. The maximum absolute atomic E-state index is 14.2. The van der Waals surface area contributed by atoms with Gasteiger partial charge in [0.25, 0.3) is 5.91 Å². The molecule has 0 spiro atoms. The molecular weight excluding hydrogens is 456 g/mol. The summed E-state index contributed by atoms with van der Waals surface area (Å²) in [5.41, 5.74) is -1.36. The lowest BCUT2D eigenvalue weighted by atomic mass is 10.0. The van der Waals surface area contributed by atoms with Crippen LogP contribution in [0.15, 0.2) is 30.7 Å². The number of rotatable bonds is 10. The maximum atomic E-state index is 14.2. The van der Waals surface area contributed by atoms with Crippen LogP contribution < -0.4 is 15.4 Å². The third-order valence-electron chi connectivity index (χ3n) is 4.30. The lowest BCUT2D eigenvalue weighted by Crippen LogP contribution is -2.19. The number of ether oxygens (including phenoxy) is 1. The molecule has 0 aliphatic rings. The number of benzene rings is 1. The van der Waals surface area contributed by atoms with Gasteiger partial charge in [-0.05, 0) is 38.8 Å². The molecular formula is C21H21F2N5O4S. The van der Waals surface area contributed by atoms with Crippen LogP contribution in [0.2, 0.25) is 0 Å². The summed E-state index contributed by atoms with van der Waals surface area (Å²) < 4.78 is 33.9. The third-order valence-corrected chi connectivity index (χ3v) is 5.31. The van der Waals surface area contributed by atoms with E-state index in [4.69, 9.17) is 4.74 Å². The van der Waals surface area contributed by atoms with E-state index in [1.807, 2.05) is 0 Å². The Morgan fingerprint density at radius 2 is 2.03 bits per heavy atom. The van der Waals surface area contributed by atoms with Gasteiger partial charge < -0.3 is 20.5 Å². The van der Waals surface area contributed by atoms with Crippen molar-refractivity contribution in [3.63, 3.8) is 0 Å². The number of hydrogen-bond donors (Lipinski definition) is 3. The van der Waals surface area contributed by atoms with Gasteiger partial charge in [-0.1, -0.05) is 17.4 Å². The van der Waals surface area contributed by atoms with E-state index < -0.39 is 28.7 Å². The Kier molecular flexibility index (Phi) is 7.61. The van der Waals surface area contributed by atoms with E-state index in [9.17, 15) is 23.5 Å². The molecule has 2 aromatic heterocycles. The molecule has 12 heteroatoms. The summed E-state index contributed by atoms with van der Waals surface area (Å²) in [6, 6.07) is 3.34. The van der Waals surface area contributed by atoms with Crippen LogP contribution in [0.3, 0.4) is 0 Å². The molecule has 0 saturated heterocycles. The Bertz CT molecular complexity index is 1130. The molecule has 0 atom stereocenters. The van der Waals surface area contributed by atoms with Crippen LogP contribution >= 0.6 is 11.3 Å². The number of thiazole rings is 1. The number of nitrogens with zero attached hydrogens (tertiary/aromatic N) is 3. The largest absolute Gasteiger partial charge is 0.476 e. The molecule has 0 aliphatic carbocycles. The number of aromatic nitrogens is 3. The first-order valence-electron chi connectivity index (χ1n) is 9.81. The van der Waals surface area contributed by atoms with Crippen molar-refractivity contribution >= 4 is 34.3 Å². The fraction of sp³-hybridized carbons (Fsp3) is 0.286. The van der Waals surface area contributed by atoms with Crippen LogP contribution in [-0.2, 0) is 4.79 Å². The second-order valence-corrected chi connectivity index (χ2v) is 8.51. The molecule has 3 rings (SSSR count). The highest BCUT2D eigenvalue weighted by Gasteiger charge is 2.24.